The van der Waals surface area contributed by atoms with Crippen molar-refractivity contribution < 1.29 is 18.0 Å². The first-order chi connectivity index (χ1) is 9.85. The van der Waals surface area contributed by atoms with Crippen molar-refractivity contribution in [1.29, 1.82) is 0 Å². The summed E-state index contributed by atoms with van der Waals surface area (Å²) >= 11 is -0.227. The Morgan fingerprint density at radius 3 is 2.67 bits per heavy atom. The zero-order chi connectivity index (χ0) is 15.5. The van der Waals surface area contributed by atoms with Crippen LogP contribution in [0.5, 0.6) is 0 Å². The molecule has 0 bridgehead atoms. The average Bonchev–Trinajstić information content (AvgIpc) is 2.76. The molecule has 0 saturated heterocycles. The first-order valence-electron chi connectivity index (χ1n) is 6.75. The predicted octanol–water partition coefficient (Wildman–Crippen LogP) is 3.75. The summed E-state index contributed by atoms with van der Waals surface area (Å²) in [5.74, 6) is -0.167. The zero-order valence-electron chi connectivity index (χ0n) is 11.3. The number of carbonyl (C=O) groups is 1. The first-order valence-corrected chi connectivity index (χ1v) is 7.57. The Bertz CT molecular complexity index is 507. The van der Waals surface area contributed by atoms with Gasteiger partial charge in [0.25, 0.3) is 0 Å². The first kappa shape index (κ1) is 16.2. The molecule has 1 amide bonds. The zero-order valence-corrected chi connectivity index (χ0v) is 12.1. The summed E-state index contributed by atoms with van der Waals surface area (Å²) < 4.78 is 37.4. The molecule has 21 heavy (non-hydrogen) atoms. The number of amides is 1. The fraction of sp³-hybridized carbons (Fsp3) is 0.500. The molecule has 1 saturated carbocycles. The van der Waals surface area contributed by atoms with Crippen molar-refractivity contribution >= 4 is 23.4 Å². The van der Waals surface area contributed by atoms with Gasteiger partial charge in [0.1, 0.15) is 0 Å². The average molecular weight is 318 g/mol. The third-order valence-corrected chi connectivity index (χ3v) is 4.36. The molecule has 0 aromatic heterocycles. The molecule has 0 spiro atoms. The van der Waals surface area contributed by atoms with Crippen LogP contribution in [-0.4, -0.2) is 17.5 Å². The number of carbonyl (C=O) groups excluding carboxylic acids is 1. The van der Waals surface area contributed by atoms with Gasteiger partial charge in [-0.2, -0.15) is 13.2 Å². The number of hydrogen-bond donors (Lipinski definition) is 2. The minimum Gasteiger partial charge on any atom is -0.327 e. The van der Waals surface area contributed by atoms with Gasteiger partial charge >= 0.3 is 5.51 Å². The third-order valence-electron chi connectivity index (χ3n) is 3.55. The summed E-state index contributed by atoms with van der Waals surface area (Å²) in [7, 11) is 0. The molecule has 0 aliphatic heterocycles. The van der Waals surface area contributed by atoms with Crippen LogP contribution in [0.15, 0.2) is 29.2 Å². The summed E-state index contributed by atoms with van der Waals surface area (Å²) in [5.41, 5.74) is 1.71. The minimum atomic E-state index is -4.38. The molecule has 0 unspecified atom stereocenters. The number of anilines is 1. The van der Waals surface area contributed by atoms with Crippen molar-refractivity contribution in [3.63, 3.8) is 0 Å². The summed E-state index contributed by atoms with van der Waals surface area (Å²) in [6.45, 7) is 0. The van der Waals surface area contributed by atoms with Crippen LogP contribution in [0.2, 0.25) is 0 Å². The van der Waals surface area contributed by atoms with Crippen LogP contribution in [0.25, 0.3) is 0 Å². The Morgan fingerprint density at radius 2 is 2.05 bits per heavy atom. The Kier molecular flexibility index (Phi) is 5.16. The second kappa shape index (κ2) is 6.70. The summed E-state index contributed by atoms with van der Waals surface area (Å²) in [5, 5.41) is 2.57. The highest BCUT2D eigenvalue weighted by molar-refractivity contribution is 8.00. The van der Waals surface area contributed by atoms with Crippen LogP contribution < -0.4 is 11.1 Å². The van der Waals surface area contributed by atoms with Gasteiger partial charge < -0.3 is 11.1 Å². The number of nitrogens with one attached hydrogen (secondary N) is 1. The van der Waals surface area contributed by atoms with E-state index in [0.29, 0.717) is 0 Å². The van der Waals surface area contributed by atoms with Gasteiger partial charge in [0.2, 0.25) is 5.91 Å². The van der Waals surface area contributed by atoms with Crippen molar-refractivity contribution in [1.82, 2.24) is 0 Å². The van der Waals surface area contributed by atoms with E-state index in [2.05, 4.69) is 5.32 Å². The van der Waals surface area contributed by atoms with Gasteiger partial charge in [-0.1, -0.05) is 18.6 Å². The molecule has 116 valence electrons. The predicted molar refractivity (Wildman–Crippen MR) is 76.9 cm³/mol. The molecule has 3 nitrogen and oxygen atoms in total. The fourth-order valence-corrected chi connectivity index (χ4v) is 3.17. The van der Waals surface area contributed by atoms with Crippen LogP contribution in [-0.2, 0) is 4.79 Å². The number of nitrogens with two attached hydrogens (primary N) is 1. The Morgan fingerprint density at radius 1 is 1.33 bits per heavy atom. The largest absolute Gasteiger partial charge is 0.446 e. The molecule has 1 aliphatic carbocycles. The van der Waals surface area contributed by atoms with Crippen LogP contribution in [0.4, 0.5) is 18.9 Å². The third kappa shape index (κ3) is 4.93. The maximum atomic E-state index is 12.5. The monoisotopic (exact) mass is 318 g/mol. The van der Waals surface area contributed by atoms with Crippen LogP contribution in [0.1, 0.15) is 25.7 Å². The number of para-hydroxylation sites is 1. The van der Waals surface area contributed by atoms with Gasteiger partial charge in [-0.3, -0.25) is 4.79 Å². The number of hydrogen-bond acceptors (Lipinski definition) is 3. The molecule has 7 heteroatoms. The smallest absolute Gasteiger partial charge is 0.327 e. The van der Waals surface area contributed by atoms with Crippen molar-refractivity contribution in [2.75, 3.05) is 5.32 Å². The molecule has 0 heterocycles. The summed E-state index contributed by atoms with van der Waals surface area (Å²) in [6.07, 6.45) is 3.05. The highest BCUT2D eigenvalue weighted by Crippen LogP contribution is 2.40. The molecular weight excluding hydrogens is 301 g/mol. The van der Waals surface area contributed by atoms with E-state index in [4.69, 9.17) is 5.73 Å². The van der Waals surface area contributed by atoms with Crippen LogP contribution in [0.3, 0.4) is 0 Å². The molecular formula is C14H17F3N2OS. The highest BCUT2D eigenvalue weighted by Gasteiger charge is 2.31. The van der Waals surface area contributed by atoms with Crippen LogP contribution in [0, 0.1) is 5.92 Å². The Labute approximate surface area is 125 Å². The normalized spacial score (nSPS) is 22.3. The second-order valence-electron chi connectivity index (χ2n) is 5.15. The molecule has 2 atom stereocenters. The molecule has 0 radical (unpaired) electrons. The molecule has 1 aliphatic rings. The quantitative estimate of drug-likeness (QED) is 0.831. The van der Waals surface area contributed by atoms with Gasteiger partial charge in [-0.25, -0.2) is 0 Å². The lowest BCUT2D eigenvalue weighted by molar-refractivity contribution is -0.117. The van der Waals surface area contributed by atoms with E-state index in [1.807, 2.05) is 0 Å². The summed E-state index contributed by atoms with van der Waals surface area (Å²) in [6, 6.07) is 5.93. The Hall–Kier alpha value is -1.21. The van der Waals surface area contributed by atoms with Gasteiger partial charge in [-0.05, 0) is 42.7 Å². The number of thioether (sulfide) groups is 1. The lowest BCUT2D eigenvalue weighted by Gasteiger charge is -2.16. The fourth-order valence-electron chi connectivity index (χ4n) is 2.54. The van der Waals surface area contributed by atoms with Gasteiger partial charge in [0.05, 0.1) is 5.69 Å². The molecule has 3 N–H and O–H groups in total. The van der Waals surface area contributed by atoms with Crippen molar-refractivity contribution in [3.05, 3.63) is 24.3 Å². The maximum Gasteiger partial charge on any atom is 0.446 e. The van der Waals surface area contributed by atoms with E-state index in [0.717, 1.165) is 19.3 Å². The van der Waals surface area contributed by atoms with E-state index < -0.39 is 5.51 Å². The highest BCUT2D eigenvalue weighted by atomic mass is 32.2. The number of benzene rings is 1. The van der Waals surface area contributed by atoms with Gasteiger partial charge in [0.15, 0.2) is 0 Å². The molecule has 1 aromatic rings. The number of alkyl halides is 3. The SMILES string of the molecule is N[C@@H]1CCC[C@H]1CC(=O)Nc1ccccc1SC(F)(F)F. The van der Waals surface area contributed by atoms with E-state index in [-0.39, 0.29) is 46.6 Å². The van der Waals surface area contributed by atoms with E-state index >= 15 is 0 Å². The summed E-state index contributed by atoms with van der Waals surface area (Å²) in [4.78, 5) is 12.0. The number of halogens is 3. The van der Waals surface area contributed by atoms with E-state index in [9.17, 15) is 18.0 Å². The molecule has 2 rings (SSSR count). The molecule has 1 fully saturated rings. The number of rotatable bonds is 4. The van der Waals surface area contributed by atoms with Gasteiger partial charge in [-0.15, -0.1) is 0 Å². The van der Waals surface area contributed by atoms with E-state index in [1.54, 1.807) is 6.07 Å². The van der Waals surface area contributed by atoms with Crippen molar-refractivity contribution in [2.24, 2.45) is 11.7 Å². The van der Waals surface area contributed by atoms with Crippen LogP contribution >= 0.6 is 11.8 Å². The maximum absolute atomic E-state index is 12.5. The lowest BCUT2D eigenvalue weighted by atomic mass is 10.00. The standard InChI is InChI=1S/C14H17F3N2OS/c15-14(16,17)21-12-7-2-1-6-11(12)19-13(20)8-9-4-3-5-10(9)18/h1-2,6-7,9-10H,3-5,8,18H2,(H,19,20)/t9-,10+/m0/s1. The second-order valence-corrected chi connectivity index (χ2v) is 6.26. The minimum absolute atomic E-state index is 0.00549. The van der Waals surface area contributed by atoms with Crippen molar-refractivity contribution in [3.8, 4) is 0 Å². The Balaban J connectivity index is 2.00. The lowest BCUT2D eigenvalue weighted by Crippen LogP contribution is -2.28. The topological polar surface area (TPSA) is 55.1 Å². The van der Waals surface area contributed by atoms with Crippen molar-refractivity contribution in [2.45, 2.75) is 42.1 Å². The van der Waals surface area contributed by atoms with E-state index in [1.165, 1.54) is 18.2 Å². The molecule has 1 aromatic carbocycles. The van der Waals surface area contributed by atoms with Gasteiger partial charge in [0, 0.05) is 17.4 Å².